The van der Waals surface area contributed by atoms with E-state index in [0.717, 1.165) is 0 Å². The van der Waals surface area contributed by atoms with Crippen molar-refractivity contribution in [1.82, 2.24) is 0 Å². The molecule has 3 rings (SSSR count). The van der Waals surface area contributed by atoms with Gasteiger partial charge in [-0.25, -0.2) is 4.39 Å². The number of carbonyl (C=O) groups excluding carboxylic acids is 1. The zero-order chi connectivity index (χ0) is 14.8. The van der Waals surface area contributed by atoms with Crippen molar-refractivity contribution in [3.05, 3.63) is 52.3 Å². The Kier molecular flexibility index (Phi) is 3.79. The van der Waals surface area contributed by atoms with Crippen LogP contribution in [0.25, 0.3) is 0 Å². The summed E-state index contributed by atoms with van der Waals surface area (Å²) in [6.45, 7) is 0.967. The van der Waals surface area contributed by atoms with Crippen molar-refractivity contribution in [3.63, 3.8) is 0 Å². The molecular weight excluding hydrogens is 341 g/mol. The summed E-state index contributed by atoms with van der Waals surface area (Å²) in [6, 6.07) is 9.33. The molecule has 0 fully saturated rings. The normalized spacial score (nSPS) is 12.9. The fourth-order valence-electron chi connectivity index (χ4n) is 1.99. The highest BCUT2D eigenvalue weighted by Crippen LogP contribution is 2.32. The van der Waals surface area contributed by atoms with Crippen molar-refractivity contribution in [2.75, 3.05) is 18.5 Å². The molecule has 0 radical (unpaired) electrons. The zero-order valence-electron chi connectivity index (χ0n) is 10.9. The third-order valence-electron chi connectivity index (χ3n) is 2.98. The third kappa shape index (κ3) is 3.00. The Labute approximate surface area is 129 Å². The summed E-state index contributed by atoms with van der Waals surface area (Å²) < 4.78 is 25.2. The summed E-state index contributed by atoms with van der Waals surface area (Å²) in [4.78, 5) is 12.1. The van der Waals surface area contributed by atoms with E-state index in [2.05, 4.69) is 21.2 Å². The van der Waals surface area contributed by atoms with Gasteiger partial charge in [0, 0.05) is 16.2 Å². The van der Waals surface area contributed by atoms with Gasteiger partial charge >= 0.3 is 0 Å². The van der Waals surface area contributed by atoms with Crippen LogP contribution in [-0.2, 0) is 0 Å². The standard InChI is InChI=1S/C15H11BrFNO3/c16-9-1-3-11(12(17)7-9)15(19)18-10-2-4-13-14(8-10)21-6-5-20-13/h1-4,7-8H,5-6H2,(H,18,19). The predicted octanol–water partition coefficient (Wildman–Crippen LogP) is 3.61. The number of hydrogen-bond acceptors (Lipinski definition) is 3. The van der Waals surface area contributed by atoms with Gasteiger partial charge in [0.15, 0.2) is 11.5 Å². The number of halogens is 2. The zero-order valence-corrected chi connectivity index (χ0v) is 12.4. The molecule has 0 saturated heterocycles. The van der Waals surface area contributed by atoms with Crippen LogP contribution in [0.15, 0.2) is 40.9 Å². The molecule has 6 heteroatoms. The largest absolute Gasteiger partial charge is 0.486 e. The first-order chi connectivity index (χ1) is 10.1. The first kappa shape index (κ1) is 13.9. The van der Waals surface area contributed by atoms with E-state index in [1.54, 1.807) is 24.3 Å². The number of amides is 1. The van der Waals surface area contributed by atoms with Crippen LogP contribution in [0.3, 0.4) is 0 Å². The fraction of sp³-hybridized carbons (Fsp3) is 0.133. The minimum Gasteiger partial charge on any atom is -0.486 e. The molecule has 0 aromatic heterocycles. The molecule has 0 spiro atoms. The van der Waals surface area contributed by atoms with Gasteiger partial charge in [-0.1, -0.05) is 15.9 Å². The van der Waals surface area contributed by atoms with Gasteiger partial charge in [-0.3, -0.25) is 4.79 Å². The molecule has 108 valence electrons. The van der Waals surface area contributed by atoms with E-state index in [-0.39, 0.29) is 5.56 Å². The summed E-state index contributed by atoms with van der Waals surface area (Å²) in [6.07, 6.45) is 0. The predicted molar refractivity (Wildman–Crippen MR) is 79.5 cm³/mol. The molecular formula is C15H11BrFNO3. The van der Waals surface area contributed by atoms with Gasteiger partial charge in [-0.2, -0.15) is 0 Å². The lowest BCUT2D eigenvalue weighted by atomic mass is 10.2. The van der Waals surface area contributed by atoms with Gasteiger partial charge in [-0.05, 0) is 30.3 Å². The smallest absolute Gasteiger partial charge is 0.258 e. The molecule has 1 aliphatic heterocycles. The molecule has 1 heterocycles. The van der Waals surface area contributed by atoms with Gasteiger partial charge in [-0.15, -0.1) is 0 Å². The average Bonchev–Trinajstić information content (AvgIpc) is 2.47. The van der Waals surface area contributed by atoms with Crippen molar-refractivity contribution in [3.8, 4) is 11.5 Å². The van der Waals surface area contributed by atoms with Crippen LogP contribution in [0.4, 0.5) is 10.1 Å². The lowest BCUT2D eigenvalue weighted by molar-refractivity contribution is 0.102. The first-order valence-electron chi connectivity index (χ1n) is 6.29. The molecule has 1 amide bonds. The average molecular weight is 352 g/mol. The van der Waals surface area contributed by atoms with E-state index in [0.29, 0.717) is 34.9 Å². The van der Waals surface area contributed by atoms with E-state index >= 15 is 0 Å². The second kappa shape index (κ2) is 5.73. The molecule has 0 saturated carbocycles. The fourth-order valence-corrected chi connectivity index (χ4v) is 2.33. The van der Waals surface area contributed by atoms with Gasteiger partial charge in [0.25, 0.3) is 5.91 Å². The number of fused-ring (bicyclic) bond motifs is 1. The molecule has 21 heavy (non-hydrogen) atoms. The van der Waals surface area contributed by atoms with Crippen molar-refractivity contribution < 1.29 is 18.7 Å². The van der Waals surface area contributed by atoms with Gasteiger partial charge in [0.05, 0.1) is 5.56 Å². The Hall–Kier alpha value is -2.08. The molecule has 1 aliphatic rings. The topological polar surface area (TPSA) is 47.6 Å². The maximum absolute atomic E-state index is 13.7. The summed E-state index contributed by atoms with van der Waals surface area (Å²) in [7, 11) is 0. The minimum atomic E-state index is -0.584. The number of ether oxygens (including phenoxy) is 2. The highest BCUT2D eigenvalue weighted by molar-refractivity contribution is 9.10. The minimum absolute atomic E-state index is 0.0203. The highest BCUT2D eigenvalue weighted by atomic mass is 79.9. The lowest BCUT2D eigenvalue weighted by Crippen LogP contribution is -2.17. The maximum Gasteiger partial charge on any atom is 0.258 e. The quantitative estimate of drug-likeness (QED) is 0.898. The van der Waals surface area contributed by atoms with Gasteiger partial charge < -0.3 is 14.8 Å². The number of anilines is 1. The van der Waals surface area contributed by atoms with Gasteiger partial charge in [0.2, 0.25) is 0 Å². The van der Waals surface area contributed by atoms with Crippen LogP contribution in [0.5, 0.6) is 11.5 Å². The number of nitrogens with one attached hydrogen (secondary N) is 1. The number of carbonyl (C=O) groups is 1. The van der Waals surface area contributed by atoms with Crippen LogP contribution in [0.2, 0.25) is 0 Å². The maximum atomic E-state index is 13.7. The molecule has 4 nitrogen and oxygen atoms in total. The Morgan fingerprint density at radius 1 is 1.10 bits per heavy atom. The van der Waals surface area contributed by atoms with Crippen LogP contribution < -0.4 is 14.8 Å². The number of benzene rings is 2. The summed E-state index contributed by atoms with van der Waals surface area (Å²) in [5.74, 6) is 0.0977. The monoisotopic (exact) mass is 351 g/mol. The van der Waals surface area contributed by atoms with Crippen LogP contribution >= 0.6 is 15.9 Å². The Morgan fingerprint density at radius 2 is 1.86 bits per heavy atom. The van der Waals surface area contributed by atoms with E-state index in [4.69, 9.17) is 9.47 Å². The van der Waals surface area contributed by atoms with Crippen LogP contribution in [0.1, 0.15) is 10.4 Å². The summed E-state index contributed by atoms with van der Waals surface area (Å²) in [5, 5.41) is 2.64. The second-order valence-corrected chi connectivity index (χ2v) is 5.35. The van der Waals surface area contributed by atoms with E-state index in [1.807, 2.05) is 0 Å². The molecule has 2 aromatic rings. The van der Waals surface area contributed by atoms with Crippen LogP contribution in [-0.4, -0.2) is 19.1 Å². The first-order valence-corrected chi connectivity index (χ1v) is 7.09. The summed E-state index contributed by atoms with van der Waals surface area (Å²) in [5.41, 5.74) is 0.500. The van der Waals surface area contributed by atoms with Gasteiger partial charge in [0.1, 0.15) is 19.0 Å². The summed E-state index contributed by atoms with van der Waals surface area (Å²) >= 11 is 3.15. The van der Waals surface area contributed by atoms with E-state index in [9.17, 15) is 9.18 Å². The number of rotatable bonds is 2. The lowest BCUT2D eigenvalue weighted by Gasteiger charge is -2.19. The van der Waals surface area contributed by atoms with Crippen molar-refractivity contribution >= 4 is 27.5 Å². The Morgan fingerprint density at radius 3 is 2.62 bits per heavy atom. The molecule has 0 unspecified atom stereocenters. The molecule has 1 N–H and O–H groups in total. The molecule has 2 aromatic carbocycles. The van der Waals surface area contributed by atoms with Crippen molar-refractivity contribution in [2.24, 2.45) is 0 Å². The second-order valence-electron chi connectivity index (χ2n) is 4.44. The van der Waals surface area contributed by atoms with Crippen LogP contribution in [0, 0.1) is 5.82 Å². The number of hydrogen-bond donors (Lipinski definition) is 1. The molecule has 0 bridgehead atoms. The van der Waals surface area contributed by atoms with Crippen molar-refractivity contribution in [1.29, 1.82) is 0 Å². The van der Waals surface area contributed by atoms with E-state index < -0.39 is 11.7 Å². The SMILES string of the molecule is O=C(Nc1ccc2c(c1)OCCO2)c1ccc(Br)cc1F. The molecule has 0 atom stereocenters. The third-order valence-corrected chi connectivity index (χ3v) is 3.47. The van der Waals surface area contributed by atoms with Crippen molar-refractivity contribution in [2.45, 2.75) is 0 Å². The Bertz CT molecular complexity index is 705. The Balaban J connectivity index is 1.81. The highest BCUT2D eigenvalue weighted by Gasteiger charge is 2.15. The van der Waals surface area contributed by atoms with E-state index in [1.165, 1.54) is 12.1 Å². The molecule has 0 aliphatic carbocycles.